The van der Waals surface area contributed by atoms with Gasteiger partial charge in [0.25, 0.3) is 0 Å². The molecule has 5 heteroatoms. The minimum atomic E-state index is 0.116. The molecule has 140 valence electrons. The minimum absolute atomic E-state index is 0.116. The molecule has 1 aliphatic carbocycles. The zero-order chi connectivity index (χ0) is 18.5. The molecule has 1 aliphatic rings. The van der Waals surface area contributed by atoms with Crippen molar-refractivity contribution in [3.05, 3.63) is 45.7 Å². The molecule has 0 saturated heterocycles. The summed E-state index contributed by atoms with van der Waals surface area (Å²) < 4.78 is 3.04. The lowest BCUT2D eigenvalue weighted by molar-refractivity contribution is -0.116. The lowest BCUT2D eigenvalue weighted by Gasteiger charge is -2.21. The number of hydrogen-bond acceptors (Lipinski definition) is 2. The number of amides is 1. The number of nitrogens with one attached hydrogen (secondary N) is 1. The van der Waals surface area contributed by atoms with E-state index in [2.05, 4.69) is 38.5 Å². The van der Waals surface area contributed by atoms with Crippen molar-refractivity contribution in [1.29, 1.82) is 0 Å². The molecular formula is C21H28BrN3O. The Balaban J connectivity index is 1.59. The Morgan fingerprint density at radius 3 is 2.58 bits per heavy atom. The number of anilines is 1. The Labute approximate surface area is 164 Å². The Kier molecular flexibility index (Phi) is 6.52. The summed E-state index contributed by atoms with van der Waals surface area (Å²) in [5.41, 5.74) is 3.95. The Morgan fingerprint density at radius 2 is 1.88 bits per heavy atom. The van der Waals surface area contributed by atoms with Crippen molar-refractivity contribution in [3.63, 3.8) is 0 Å². The van der Waals surface area contributed by atoms with Crippen molar-refractivity contribution >= 4 is 27.5 Å². The maximum atomic E-state index is 12.4. The maximum absolute atomic E-state index is 12.4. The number of aromatic nitrogens is 2. The van der Waals surface area contributed by atoms with Gasteiger partial charge in [0.05, 0.1) is 23.6 Å². The molecule has 0 radical (unpaired) electrons. The first-order chi connectivity index (χ1) is 12.5. The molecule has 1 aromatic carbocycles. The van der Waals surface area contributed by atoms with Crippen LogP contribution in [0.4, 0.5) is 5.69 Å². The summed E-state index contributed by atoms with van der Waals surface area (Å²) in [4.78, 5) is 12.4. The van der Waals surface area contributed by atoms with Crippen molar-refractivity contribution in [3.8, 4) is 0 Å². The zero-order valence-electron chi connectivity index (χ0n) is 15.7. The summed E-state index contributed by atoms with van der Waals surface area (Å²) in [6.07, 6.45) is 8.21. The summed E-state index contributed by atoms with van der Waals surface area (Å²) >= 11 is 3.46. The van der Waals surface area contributed by atoms with Gasteiger partial charge in [0.15, 0.2) is 0 Å². The summed E-state index contributed by atoms with van der Waals surface area (Å²) in [5.74, 6) is 0.849. The number of halogens is 1. The molecular weight excluding hydrogens is 390 g/mol. The lowest BCUT2D eigenvalue weighted by Crippen LogP contribution is -2.15. The first-order valence-electron chi connectivity index (χ1n) is 9.61. The van der Waals surface area contributed by atoms with E-state index in [1.165, 1.54) is 37.7 Å². The fourth-order valence-electron chi connectivity index (χ4n) is 3.81. The van der Waals surface area contributed by atoms with E-state index in [9.17, 15) is 4.79 Å². The van der Waals surface area contributed by atoms with Crippen molar-refractivity contribution in [2.45, 2.75) is 65.3 Å². The number of carbonyl (C=O) groups is 1. The Hall–Kier alpha value is -1.62. The van der Waals surface area contributed by atoms with Crippen LogP contribution in [0.3, 0.4) is 0 Å². The smallest absolute Gasteiger partial charge is 0.224 e. The fourth-order valence-corrected chi connectivity index (χ4v) is 4.07. The average Bonchev–Trinajstić information content (AvgIpc) is 2.90. The van der Waals surface area contributed by atoms with Crippen LogP contribution in [0.1, 0.15) is 61.9 Å². The van der Waals surface area contributed by atoms with E-state index in [1.54, 1.807) is 0 Å². The molecule has 0 spiro atoms. The van der Waals surface area contributed by atoms with Gasteiger partial charge < -0.3 is 5.32 Å². The average molecular weight is 418 g/mol. The maximum Gasteiger partial charge on any atom is 0.224 e. The van der Waals surface area contributed by atoms with Crippen LogP contribution in [-0.2, 0) is 11.3 Å². The summed E-state index contributed by atoms with van der Waals surface area (Å²) in [7, 11) is 0. The van der Waals surface area contributed by atoms with Crippen LogP contribution >= 0.6 is 15.9 Å². The van der Waals surface area contributed by atoms with E-state index in [4.69, 9.17) is 0 Å². The molecule has 1 amide bonds. The molecule has 0 bridgehead atoms. The molecule has 26 heavy (non-hydrogen) atoms. The Morgan fingerprint density at radius 1 is 1.19 bits per heavy atom. The van der Waals surface area contributed by atoms with Gasteiger partial charge in [0.2, 0.25) is 5.91 Å². The van der Waals surface area contributed by atoms with Gasteiger partial charge in [-0.15, -0.1) is 0 Å². The molecule has 1 saturated carbocycles. The number of aryl methyl sites for hydroxylation is 1. The number of benzene rings is 1. The fraction of sp³-hybridized carbons (Fsp3) is 0.524. The highest BCUT2D eigenvalue weighted by molar-refractivity contribution is 9.10. The standard InChI is InChI=1S/C21H28BrN3O/c1-15-21(23-20(26)13-10-17-6-4-3-5-7-17)16(2)25(24-15)14-18-8-11-19(22)12-9-18/h8-9,11-12,17H,3-7,10,13-14H2,1-2H3,(H,23,26). The Bertz CT molecular complexity index is 745. The van der Waals surface area contributed by atoms with Gasteiger partial charge in [-0.05, 0) is 43.9 Å². The van der Waals surface area contributed by atoms with Crippen LogP contribution in [-0.4, -0.2) is 15.7 Å². The van der Waals surface area contributed by atoms with Crippen molar-refractivity contribution in [2.75, 3.05) is 5.32 Å². The molecule has 1 fully saturated rings. The van der Waals surface area contributed by atoms with Gasteiger partial charge in [0.1, 0.15) is 0 Å². The van der Waals surface area contributed by atoms with Crippen molar-refractivity contribution in [1.82, 2.24) is 9.78 Å². The van der Waals surface area contributed by atoms with E-state index in [-0.39, 0.29) is 5.91 Å². The molecule has 2 aromatic rings. The molecule has 1 heterocycles. The molecule has 0 aliphatic heterocycles. The second kappa shape index (κ2) is 8.85. The SMILES string of the molecule is Cc1nn(Cc2ccc(Br)cc2)c(C)c1NC(=O)CCC1CCCCC1. The number of hydrogen-bond donors (Lipinski definition) is 1. The van der Waals surface area contributed by atoms with Crippen LogP contribution in [0.25, 0.3) is 0 Å². The van der Waals surface area contributed by atoms with E-state index in [0.29, 0.717) is 13.0 Å². The van der Waals surface area contributed by atoms with Gasteiger partial charge in [-0.2, -0.15) is 5.10 Å². The lowest BCUT2D eigenvalue weighted by atomic mass is 9.86. The van der Waals surface area contributed by atoms with Gasteiger partial charge in [-0.25, -0.2) is 0 Å². The van der Waals surface area contributed by atoms with Gasteiger partial charge in [0, 0.05) is 10.9 Å². The van der Waals surface area contributed by atoms with Gasteiger partial charge >= 0.3 is 0 Å². The van der Waals surface area contributed by atoms with Gasteiger partial charge in [-0.3, -0.25) is 9.48 Å². The van der Waals surface area contributed by atoms with E-state index in [0.717, 1.165) is 33.9 Å². The van der Waals surface area contributed by atoms with Crippen LogP contribution in [0.5, 0.6) is 0 Å². The van der Waals surface area contributed by atoms with Crippen molar-refractivity contribution in [2.24, 2.45) is 5.92 Å². The molecule has 0 atom stereocenters. The highest BCUT2D eigenvalue weighted by Gasteiger charge is 2.17. The zero-order valence-corrected chi connectivity index (χ0v) is 17.3. The minimum Gasteiger partial charge on any atom is -0.323 e. The third-order valence-corrected chi connectivity index (χ3v) is 5.92. The molecule has 3 rings (SSSR count). The molecule has 1 aromatic heterocycles. The molecule has 4 nitrogen and oxygen atoms in total. The van der Waals surface area contributed by atoms with Gasteiger partial charge in [-0.1, -0.05) is 60.2 Å². The molecule has 1 N–H and O–H groups in total. The number of rotatable bonds is 6. The second-order valence-corrected chi connectivity index (χ2v) is 8.34. The summed E-state index contributed by atoms with van der Waals surface area (Å²) in [6, 6.07) is 8.25. The second-order valence-electron chi connectivity index (χ2n) is 7.42. The summed E-state index contributed by atoms with van der Waals surface area (Å²) in [6.45, 7) is 4.69. The third kappa shape index (κ3) is 4.97. The highest BCUT2D eigenvalue weighted by atomic mass is 79.9. The quantitative estimate of drug-likeness (QED) is 0.663. The molecule has 0 unspecified atom stereocenters. The normalized spacial score (nSPS) is 15.2. The first kappa shape index (κ1) is 19.2. The predicted molar refractivity (Wildman–Crippen MR) is 109 cm³/mol. The van der Waals surface area contributed by atoms with Crippen LogP contribution < -0.4 is 5.32 Å². The van der Waals surface area contributed by atoms with Crippen LogP contribution in [0.15, 0.2) is 28.7 Å². The van der Waals surface area contributed by atoms with Crippen LogP contribution in [0.2, 0.25) is 0 Å². The van der Waals surface area contributed by atoms with E-state index >= 15 is 0 Å². The predicted octanol–water partition coefficient (Wildman–Crippen LogP) is 5.61. The number of carbonyl (C=O) groups excluding carboxylic acids is 1. The third-order valence-electron chi connectivity index (χ3n) is 5.40. The van der Waals surface area contributed by atoms with E-state index < -0.39 is 0 Å². The topological polar surface area (TPSA) is 46.9 Å². The highest BCUT2D eigenvalue weighted by Crippen LogP contribution is 2.28. The van der Waals surface area contributed by atoms with Crippen LogP contribution in [0, 0.1) is 19.8 Å². The largest absolute Gasteiger partial charge is 0.323 e. The van der Waals surface area contributed by atoms with E-state index in [1.807, 2.05) is 30.7 Å². The first-order valence-corrected chi connectivity index (χ1v) is 10.4. The monoisotopic (exact) mass is 417 g/mol. The summed E-state index contributed by atoms with van der Waals surface area (Å²) in [5, 5.41) is 7.72. The number of nitrogens with zero attached hydrogens (tertiary/aromatic N) is 2. The van der Waals surface area contributed by atoms with Crippen molar-refractivity contribution < 1.29 is 4.79 Å².